The van der Waals surface area contributed by atoms with Crippen LogP contribution < -0.4 is 10.6 Å². The van der Waals surface area contributed by atoms with Crippen LogP contribution in [-0.4, -0.2) is 23.1 Å². The minimum atomic E-state index is 0.431. The molecule has 0 saturated carbocycles. The van der Waals surface area contributed by atoms with Crippen molar-refractivity contribution in [3.63, 3.8) is 0 Å². The number of allylic oxidation sites excluding steroid dienone is 2. The first kappa shape index (κ1) is 15.8. The van der Waals surface area contributed by atoms with E-state index in [0.29, 0.717) is 5.82 Å². The minimum Gasteiger partial charge on any atom is -0.382 e. The Balaban J connectivity index is 1.97. The highest BCUT2D eigenvalue weighted by Gasteiger charge is 1.99. The van der Waals surface area contributed by atoms with E-state index in [9.17, 15) is 0 Å². The Morgan fingerprint density at radius 2 is 1.64 bits per heavy atom. The molecule has 0 atom stereocenters. The maximum absolute atomic E-state index is 5.50. The van der Waals surface area contributed by atoms with Crippen LogP contribution >= 0.6 is 0 Å². The molecule has 0 fully saturated rings. The van der Waals surface area contributed by atoms with Crippen LogP contribution in [0, 0.1) is 0 Å². The number of benzene rings is 1. The van der Waals surface area contributed by atoms with E-state index in [1.165, 1.54) is 11.3 Å². The number of rotatable bonds is 6. The molecule has 1 heterocycles. The Kier molecular flexibility index (Phi) is 5.72. The Morgan fingerprint density at radius 3 is 2.23 bits per heavy atom. The maximum atomic E-state index is 5.50. The molecule has 0 amide bonds. The fourth-order valence-corrected chi connectivity index (χ4v) is 2.14. The summed E-state index contributed by atoms with van der Waals surface area (Å²) in [6.45, 7) is 6.39. The predicted octanol–water partition coefficient (Wildman–Crippen LogP) is 3.63. The number of aromatic nitrogens is 2. The van der Waals surface area contributed by atoms with E-state index < -0.39 is 0 Å². The third-order valence-corrected chi connectivity index (χ3v) is 3.38. The van der Waals surface area contributed by atoms with Gasteiger partial charge >= 0.3 is 0 Å². The van der Waals surface area contributed by atoms with Crippen molar-refractivity contribution in [3.8, 4) is 0 Å². The minimum absolute atomic E-state index is 0.431. The number of hydrogen-bond acceptors (Lipinski definition) is 4. The molecule has 0 bridgehead atoms. The van der Waals surface area contributed by atoms with Gasteiger partial charge in [0.2, 0.25) is 0 Å². The summed E-state index contributed by atoms with van der Waals surface area (Å²) in [4.78, 5) is 10.5. The van der Waals surface area contributed by atoms with E-state index in [0.717, 1.165) is 18.8 Å². The van der Waals surface area contributed by atoms with Gasteiger partial charge in [-0.1, -0.05) is 30.4 Å². The molecule has 0 radical (unpaired) electrons. The van der Waals surface area contributed by atoms with E-state index in [1.54, 1.807) is 12.4 Å². The van der Waals surface area contributed by atoms with Gasteiger partial charge < -0.3 is 10.6 Å². The zero-order valence-electron chi connectivity index (χ0n) is 13.1. The first-order chi connectivity index (χ1) is 10.7. The lowest BCUT2D eigenvalue weighted by Gasteiger charge is -2.20. The lowest BCUT2D eigenvalue weighted by atomic mass is 10.1. The summed E-state index contributed by atoms with van der Waals surface area (Å²) in [7, 11) is 0. The Hall–Kier alpha value is -2.62. The SMILES string of the molecule is CCN(CC)c1ccc(/C=C/C=C/c2cnc(N)cn2)cc1. The van der Waals surface area contributed by atoms with Crippen molar-refractivity contribution >= 4 is 23.7 Å². The van der Waals surface area contributed by atoms with E-state index in [-0.39, 0.29) is 0 Å². The van der Waals surface area contributed by atoms with Gasteiger partial charge in [0.15, 0.2) is 0 Å². The fraction of sp³-hybridized carbons (Fsp3) is 0.222. The second-order valence-electron chi connectivity index (χ2n) is 4.85. The number of hydrogen-bond donors (Lipinski definition) is 1. The molecule has 4 nitrogen and oxygen atoms in total. The van der Waals surface area contributed by atoms with Gasteiger partial charge in [-0.3, -0.25) is 4.98 Å². The molecular weight excluding hydrogens is 272 g/mol. The van der Waals surface area contributed by atoms with E-state index in [4.69, 9.17) is 5.73 Å². The molecule has 114 valence electrons. The van der Waals surface area contributed by atoms with Crippen molar-refractivity contribution in [2.45, 2.75) is 13.8 Å². The van der Waals surface area contributed by atoms with E-state index in [2.05, 4.69) is 59.1 Å². The Bertz CT molecular complexity index is 623. The van der Waals surface area contributed by atoms with Crippen molar-refractivity contribution in [1.82, 2.24) is 9.97 Å². The maximum Gasteiger partial charge on any atom is 0.141 e. The zero-order chi connectivity index (χ0) is 15.8. The quantitative estimate of drug-likeness (QED) is 0.827. The topological polar surface area (TPSA) is 55.0 Å². The van der Waals surface area contributed by atoms with Crippen molar-refractivity contribution in [3.05, 3.63) is 60.1 Å². The first-order valence-electron chi connectivity index (χ1n) is 7.50. The van der Waals surface area contributed by atoms with Gasteiger partial charge in [-0.15, -0.1) is 0 Å². The number of nitrogen functional groups attached to an aromatic ring is 1. The number of nitrogens with two attached hydrogens (primary N) is 1. The normalized spacial score (nSPS) is 11.4. The molecule has 0 aliphatic heterocycles. The van der Waals surface area contributed by atoms with Gasteiger partial charge in [0.25, 0.3) is 0 Å². The molecule has 0 unspecified atom stereocenters. The fourth-order valence-electron chi connectivity index (χ4n) is 2.14. The molecule has 2 aromatic rings. The van der Waals surface area contributed by atoms with Crippen molar-refractivity contribution in [2.24, 2.45) is 0 Å². The van der Waals surface area contributed by atoms with Crippen LogP contribution in [0.1, 0.15) is 25.1 Å². The molecule has 0 saturated heterocycles. The summed E-state index contributed by atoms with van der Waals surface area (Å²) < 4.78 is 0. The highest BCUT2D eigenvalue weighted by molar-refractivity contribution is 5.58. The molecule has 0 aliphatic carbocycles. The molecule has 1 aromatic heterocycles. The van der Waals surface area contributed by atoms with E-state index in [1.807, 2.05) is 18.2 Å². The van der Waals surface area contributed by atoms with Gasteiger partial charge in [0, 0.05) is 18.8 Å². The molecule has 4 heteroatoms. The van der Waals surface area contributed by atoms with Crippen LogP contribution in [-0.2, 0) is 0 Å². The standard InChI is InChI=1S/C18H22N4/c1-3-22(4-2)17-11-9-15(10-12-17)7-5-6-8-16-13-21-18(19)14-20-16/h5-14H,3-4H2,1-2H3,(H2,19,21)/b7-5+,8-6+. The first-order valence-corrected chi connectivity index (χ1v) is 7.50. The van der Waals surface area contributed by atoms with Crippen LogP contribution in [0.2, 0.25) is 0 Å². The lowest BCUT2D eigenvalue weighted by molar-refractivity contribution is 0.866. The van der Waals surface area contributed by atoms with Gasteiger partial charge in [-0.05, 0) is 37.6 Å². The highest BCUT2D eigenvalue weighted by atomic mass is 15.1. The van der Waals surface area contributed by atoms with Crippen LogP contribution in [0.5, 0.6) is 0 Å². The summed E-state index contributed by atoms with van der Waals surface area (Å²) >= 11 is 0. The van der Waals surface area contributed by atoms with Crippen LogP contribution in [0.4, 0.5) is 11.5 Å². The van der Waals surface area contributed by atoms with Gasteiger partial charge in [-0.2, -0.15) is 0 Å². The molecule has 0 spiro atoms. The van der Waals surface area contributed by atoms with Crippen molar-refractivity contribution in [2.75, 3.05) is 23.7 Å². The molecule has 0 aliphatic rings. The zero-order valence-corrected chi connectivity index (χ0v) is 13.1. The molecule has 1 aromatic carbocycles. The third kappa shape index (κ3) is 4.45. The molecule has 2 N–H and O–H groups in total. The van der Waals surface area contributed by atoms with Crippen LogP contribution in [0.15, 0.2) is 48.8 Å². The average Bonchev–Trinajstić information content (AvgIpc) is 2.56. The molecule has 22 heavy (non-hydrogen) atoms. The average molecular weight is 294 g/mol. The van der Waals surface area contributed by atoms with Gasteiger partial charge in [0.05, 0.1) is 18.1 Å². The Labute approximate surface area is 132 Å². The van der Waals surface area contributed by atoms with E-state index >= 15 is 0 Å². The number of nitrogens with zero attached hydrogens (tertiary/aromatic N) is 3. The second kappa shape index (κ2) is 7.98. The summed E-state index contributed by atoms with van der Waals surface area (Å²) in [6.07, 6.45) is 11.1. The summed E-state index contributed by atoms with van der Waals surface area (Å²) in [6, 6.07) is 8.56. The predicted molar refractivity (Wildman–Crippen MR) is 94.5 cm³/mol. The third-order valence-electron chi connectivity index (χ3n) is 3.38. The smallest absolute Gasteiger partial charge is 0.141 e. The van der Waals surface area contributed by atoms with Gasteiger partial charge in [-0.25, -0.2) is 4.98 Å². The van der Waals surface area contributed by atoms with Crippen molar-refractivity contribution in [1.29, 1.82) is 0 Å². The molecule has 2 rings (SSSR count). The Morgan fingerprint density at radius 1 is 0.955 bits per heavy atom. The molecular formula is C18H22N4. The lowest BCUT2D eigenvalue weighted by Crippen LogP contribution is -2.21. The largest absolute Gasteiger partial charge is 0.382 e. The van der Waals surface area contributed by atoms with Crippen molar-refractivity contribution < 1.29 is 0 Å². The van der Waals surface area contributed by atoms with Crippen LogP contribution in [0.25, 0.3) is 12.2 Å². The summed E-state index contributed by atoms with van der Waals surface area (Å²) in [5, 5.41) is 0. The monoisotopic (exact) mass is 294 g/mol. The van der Waals surface area contributed by atoms with Gasteiger partial charge in [0.1, 0.15) is 5.82 Å². The highest BCUT2D eigenvalue weighted by Crippen LogP contribution is 2.15. The number of anilines is 2. The second-order valence-corrected chi connectivity index (χ2v) is 4.85. The summed E-state index contributed by atoms with van der Waals surface area (Å²) in [5.74, 6) is 0.431. The van der Waals surface area contributed by atoms with Crippen LogP contribution in [0.3, 0.4) is 0 Å². The summed E-state index contributed by atoms with van der Waals surface area (Å²) in [5.41, 5.74) is 8.71.